The number of nitrogens with zero attached hydrogens (tertiary/aromatic N) is 4. The van der Waals surface area contributed by atoms with Crippen LogP contribution in [0.4, 0.5) is 5.82 Å². The second-order valence-electron chi connectivity index (χ2n) is 4.59. The Morgan fingerprint density at radius 1 is 1.29 bits per heavy atom. The van der Waals surface area contributed by atoms with Crippen molar-refractivity contribution in [1.29, 1.82) is 0 Å². The molecule has 0 aliphatic rings. The molecule has 0 bridgehead atoms. The van der Waals surface area contributed by atoms with Crippen LogP contribution in [0.2, 0.25) is 5.15 Å². The quantitative estimate of drug-likeness (QED) is 0.736. The van der Waals surface area contributed by atoms with Crippen LogP contribution in [0.3, 0.4) is 0 Å². The molecule has 0 atom stereocenters. The van der Waals surface area contributed by atoms with E-state index in [0.717, 1.165) is 24.5 Å². The Balaban J connectivity index is 2.01. The van der Waals surface area contributed by atoms with Gasteiger partial charge in [0.05, 0.1) is 0 Å². The Bertz CT molecular complexity index is 565. The molecule has 0 aliphatic heterocycles. The fourth-order valence-corrected chi connectivity index (χ4v) is 2.04. The topological polar surface area (TPSA) is 51.1 Å². The average molecular weight is 307 g/mol. The number of rotatable bonds is 7. The molecule has 0 amide bonds. The molecular weight excluding hydrogens is 288 g/mol. The van der Waals surface area contributed by atoms with Gasteiger partial charge in [0, 0.05) is 44.6 Å². The van der Waals surface area contributed by atoms with Crippen molar-refractivity contribution in [1.82, 2.24) is 15.0 Å². The SMILES string of the molecule is CCOCc1nc(Cl)cc(N(C)CCc2ccccn2)n1. The third kappa shape index (κ3) is 4.95. The molecule has 6 heteroatoms. The van der Waals surface area contributed by atoms with Gasteiger partial charge in [0.2, 0.25) is 0 Å². The first-order valence-electron chi connectivity index (χ1n) is 6.91. The number of anilines is 1. The summed E-state index contributed by atoms with van der Waals surface area (Å²) < 4.78 is 5.33. The summed E-state index contributed by atoms with van der Waals surface area (Å²) in [7, 11) is 1.98. The highest BCUT2D eigenvalue weighted by atomic mass is 35.5. The summed E-state index contributed by atoms with van der Waals surface area (Å²) in [6, 6.07) is 7.68. The maximum absolute atomic E-state index is 6.04. The lowest BCUT2D eigenvalue weighted by Crippen LogP contribution is -2.22. The van der Waals surface area contributed by atoms with Crippen molar-refractivity contribution in [3.05, 3.63) is 47.1 Å². The van der Waals surface area contributed by atoms with Gasteiger partial charge in [-0.3, -0.25) is 4.98 Å². The molecule has 0 aliphatic carbocycles. The third-order valence-electron chi connectivity index (χ3n) is 2.98. The van der Waals surface area contributed by atoms with Crippen molar-refractivity contribution in [3.63, 3.8) is 0 Å². The van der Waals surface area contributed by atoms with Crippen molar-refractivity contribution in [2.75, 3.05) is 25.1 Å². The summed E-state index contributed by atoms with van der Waals surface area (Å²) in [5, 5.41) is 0.430. The summed E-state index contributed by atoms with van der Waals surface area (Å²) in [6.45, 7) is 3.74. The van der Waals surface area contributed by atoms with E-state index in [1.807, 2.05) is 37.1 Å². The van der Waals surface area contributed by atoms with Gasteiger partial charge in [-0.05, 0) is 19.1 Å². The zero-order chi connectivity index (χ0) is 15.1. The Morgan fingerprint density at radius 3 is 2.86 bits per heavy atom. The van der Waals surface area contributed by atoms with Gasteiger partial charge >= 0.3 is 0 Å². The van der Waals surface area contributed by atoms with Crippen LogP contribution in [-0.2, 0) is 17.8 Å². The molecule has 0 N–H and O–H groups in total. The molecule has 5 nitrogen and oxygen atoms in total. The number of pyridine rings is 1. The molecule has 0 spiro atoms. The second-order valence-corrected chi connectivity index (χ2v) is 4.98. The molecule has 2 aromatic rings. The van der Waals surface area contributed by atoms with E-state index in [1.165, 1.54) is 0 Å². The number of hydrogen-bond donors (Lipinski definition) is 0. The molecule has 0 radical (unpaired) electrons. The molecule has 0 fully saturated rings. The van der Waals surface area contributed by atoms with Crippen LogP contribution in [0, 0.1) is 0 Å². The van der Waals surface area contributed by atoms with Crippen LogP contribution in [0.15, 0.2) is 30.5 Å². The highest BCUT2D eigenvalue weighted by Gasteiger charge is 2.08. The van der Waals surface area contributed by atoms with E-state index in [1.54, 1.807) is 12.3 Å². The molecular formula is C15H19ClN4O. The van der Waals surface area contributed by atoms with Crippen molar-refractivity contribution in [2.24, 2.45) is 0 Å². The van der Waals surface area contributed by atoms with Gasteiger partial charge < -0.3 is 9.64 Å². The van der Waals surface area contributed by atoms with Crippen LogP contribution in [0.25, 0.3) is 0 Å². The Labute approximate surface area is 130 Å². The maximum atomic E-state index is 6.04. The molecule has 0 unspecified atom stereocenters. The first-order chi connectivity index (χ1) is 10.2. The van der Waals surface area contributed by atoms with Crippen LogP contribution >= 0.6 is 11.6 Å². The highest BCUT2D eigenvalue weighted by molar-refractivity contribution is 6.29. The second kappa shape index (κ2) is 7.90. The van der Waals surface area contributed by atoms with Crippen molar-refractivity contribution < 1.29 is 4.74 Å². The predicted octanol–water partition coefficient (Wildman–Crippen LogP) is 2.74. The van der Waals surface area contributed by atoms with E-state index in [2.05, 4.69) is 15.0 Å². The van der Waals surface area contributed by atoms with Crippen molar-refractivity contribution >= 4 is 17.4 Å². The molecule has 21 heavy (non-hydrogen) atoms. The maximum Gasteiger partial charge on any atom is 0.158 e. The summed E-state index contributed by atoms with van der Waals surface area (Å²) in [6.07, 6.45) is 2.65. The number of likely N-dealkylation sites (N-methyl/N-ethyl adjacent to an activating group) is 1. The standard InChI is InChI=1S/C15H19ClN4O/c1-3-21-11-14-18-13(16)10-15(19-14)20(2)9-7-12-6-4-5-8-17-12/h4-6,8,10H,3,7,9,11H2,1-2H3. The first kappa shape index (κ1) is 15.7. The van der Waals surface area contributed by atoms with Crippen LogP contribution in [-0.4, -0.2) is 35.2 Å². The lowest BCUT2D eigenvalue weighted by Gasteiger charge is -2.18. The third-order valence-corrected chi connectivity index (χ3v) is 3.18. The van der Waals surface area contributed by atoms with Gasteiger partial charge in [0.1, 0.15) is 17.6 Å². The molecule has 0 aromatic carbocycles. The van der Waals surface area contributed by atoms with E-state index in [0.29, 0.717) is 24.2 Å². The van der Waals surface area contributed by atoms with Crippen LogP contribution in [0.5, 0.6) is 0 Å². The van der Waals surface area contributed by atoms with Gasteiger partial charge in [-0.15, -0.1) is 0 Å². The number of halogens is 1. The fraction of sp³-hybridized carbons (Fsp3) is 0.400. The van der Waals surface area contributed by atoms with E-state index in [4.69, 9.17) is 16.3 Å². The van der Waals surface area contributed by atoms with E-state index in [9.17, 15) is 0 Å². The Morgan fingerprint density at radius 2 is 2.14 bits per heavy atom. The largest absolute Gasteiger partial charge is 0.374 e. The minimum Gasteiger partial charge on any atom is -0.374 e. The number of aromatic nitrogens is 3. The summed E-state index contributed by atoms with van der Waals surface area (Å²) in [4.78, 5) is 15.0. The van der Waals surface area contributed by atoms with E-state index >= 15 is 0 Å². The van der Waals surface area contributed by atoms with Crippen LogP contribution < -0.4 is 4.90 Å². The number of hydrogen-bond acceptors (Lipinski definition) is 5. The summed E-state index contributed by atoms with van der Waals surface area (Å²) >= 11 is 6.04. The lowest BCUT2D eigenvalue weighted by molar-refractivity contribution is 0.128. The molecule has 2 aromatic heterocycles. The molecule has 0 saturated carbocycles. The summed E-state index contributed by atoms with van der Waals surface area (Å²) in [5.41, 5.74) is 1.05. The smallest absolute Gasteiger partial charge is 0.158 e. The minimum absolute atomic E-state index is 0.373. The van der Waals surface area contributed by atoms with Gasteiger partial charge in [-0.2, -0.15) is 0 Å². The van der Waals surface area contributed by atoms with Gasteiger partial charge in [-0.1, -0.05) is 17.7 Å². The van der Waals surface area contributed by atoms with E-state index in [-0.39, 0.29) is 0 Å². The minimum atomic E-state index is 0.373. The molecule has 2 heterocycles. The fourth-order valence-electron chi connectivity index (χ4n) is 1.85. The zero-order valence-corrected chi connectivity index (χ0v) is 13.0. The van der Waals surface area contributed by atoms with E-state index < -0.39 is 0 Å². The van der Waals surface area contributed by atoms with Gasteiger partial charge in [0.25, 0.3) is 0 Å². The molecule has 2 rings (SSSR count). The molecule has 0 saturated heterocycles. The monoisotopic (exact) mass is 306 g/mol. The summed E-state index contributed by atoms with van der Waals surface area (Å²) in [5.74, 6) is 1.39. The van der Waals surface area contributed by atoms with Gasteiger partial charge in [-0.25, -0.2) is 9.97 Å². The Hall–Kier alpha value is -1.72. The first-order valence-corrected chi connectivity index (χ1v) is 7.29. The zero-order valence-electron chi connectivity index (χ0n) is 12.3. The Kier molecular flexibility index (Phi) is 5.90. The highest BCUT2D eigenvalue weighted by Crippen LogP contribution is 2.15. The molecule has 112 valence electrons. The van der Waals surface area contributed by atoms with Crippen LogP contribution in [0.1, 0.15) is 18.4 Å². The lowest BCUT2D eigenvalue weighted by atomic mass is 10.2. The predicted molar refractivity (Wildman–Crippen MR) is 83.6 cm³/mol. The normalized spacial score (nSPS) is 10.6. The van der Waals surface area contributed by atoms with Gasteiger partial charge in [0.15, 0.2) is 5.82 Å². The average Bonchev–Trinajstić information content (AvgIpc) is 2.51. The van der Waals surface area contributed by atoms with Crippen molar-refractivity contribution in [2.45, 2.75) is 20.0 Å². The van der Waals surface area contributed by atoms with Crippen molar-refractivity contribution in [3.8, 4) is 0 Å². The number of ether oxygens (including phenoxy) is 1.